The van der Waals surface area contributed by atoms with Crippen molar-refractivity contribution in [2.24, 2.45) is 0 Å². The first-order chi connectivity index (χ1) is 20.2. The van der Waals surface area contributed by atoms with Crippen LogP contribution in [-0.4, -0.2) is 49.4 Å². The standard InChI is InChI=1S/C20H29NO3.C16H21BrO2/c1-19(2,3)24-18(22)15-20(9-4-10-20)16-5-7-17(8-6-16)21-11-13-23-14-12-21;1-15(2,3)19-14(18)11-16(9-4-10-16)12-5-7-13(17)8-6-12/h5-8H,4,9-15H2,1-3H3;5-8H,4,9-11H2,1-3H3. The molecule has 2 saturated carbocycles. The van der Waals surface area contributed by atoms with E-state index in [2.05, 4.69) is 57.2 Å². The normalized spacial score (nSPS) is 19.2. The number of hydrogen-bond acceptors (Lipinski definition) is 6. The van der Waals surface area contributed by atoms with Crippen molar-refractivity contribution in [3.05, 3.63) is 64.1 Å². The van der Waals surface area contributed by atoms with Crippen LogP contribution in [0.4, 0.5) is 5.69 Å². The van der Waals surface area contributed by atoms with Crippen LogP contribution in [0.5, 0.6) is 0 Å². The van der Waals surface area contributed by atoms with E-state index in [0.717, 1.165) is 56.5 Å². The number of carbonyl (C=O) groups is 2. The first-order valence-corrected chi connectivity index (χ1v) is 16.6. The third kappa shape index (κ3) is 9.31. The highest BCUT2D eigenvalue weighted by molar-refractivity contribution is 9.10. The first kappa shape index (κ1) is 33.5. The van der Waals surface area contributed by atoms with E-state index < -0.39 is 11.2 Å². The van der Waals surface area contributed by atoms with Crippen LogP contribution in [-0.2, 0) is 34.6 Å². The minimum Gasteiger partial charge on any atom is -0.460 e. The lowest BCUT2D eigenvalue weighted by Crippen LogP contribution is -2.39. The van der Waals surface area contributed by atoms with Gasteiger partial charge in [-0.05, 0) is 103 Å². The number of anilines is 1. The number of halogens is 1. The maximum atomic E-state index is 12.3. The van der Waals surface area contributed by atoms with Gasteiger partial charge in [0, 0.05) is 34.1 Å². The zero-order valence-corrected chi connectivity index (χ0v) is 28.6. The van der Waals surface area contributed by atoms with Crippen LogP contribution < -0.4 is 4.90 Å². The molecule has 2 aromatic rings. The molecule has 5 rings (SSSR count). The summed E-state index contributed by atoms with van der Waals surface area (Å²) in [7, 11) is 0. The Labute approximate surface area is 267 Å². The van der Waals surface area contributed by atoms with E-state index in [4.69, 9.17) is 14.2 Å². The molecule has 2 aliphatic carbocycles. The zero-order valence-electron chi connectivity index (χ0n) is 27.0. The molecule has 2 aromatic carbocycles. The van der Waals surface area contributed by atoms with Gasteiger partial charge in [-0.3, -0.25) is 9.59 Å². The van der Waals surface area contributed by atoms with E-state index in [9.17, 15) is 9.59 Å². The van der Waals surface area contributed by atoms with E-state index >= 15 is 0 Å². The highest BCUT2D eigenvalue weighted by Crippen LogP contribution is 2.48. The second-order valence-corrected chi connectivity index (χ2v) is 15.4. The largest absolute Gasteiger partial charge is 0.460 e. The Bertz CT molecular complexity index is 1210. The molecule has 1 aliphatic heterocycles. The van der Waals surface area contributed by atoms with Gasteiger partial charge in [-0.2, -0.15) is 0 Å². The number of nitrogens with zero attached hydrogens (tertiary/aromatic N) is 1. The highest BCUT2D eigenvalue weighted by atomic mass is 79.9. The van der Waals surface area contributed by atoms with Crippen LogP contribution >= 0.6 is 15.9 Å². The van der Waals surface area contributed by atoms with Crippen LogP contribution in [0, 0.1) is 0 Å². The Morgan fingerprint density at radius 1 is 0.721 bits per heavy atom. The van der Waals surface area contributed by atoms with E-state index in [1.165, 1.54) is 29.7 Å². The van der Waals surface area contributed by atoms with E-state index in [0.29, 0.717) is 12.8 Å². The molecule has 0 bridgehead atoms. The molecule has 0 N–H and O–H groups in total. The molecule has 0 atom stereocenters. The minimum atomic E-state index is -0.414. The van der Waals surface area contributed by atoms with Crippen molar-refractivity contribution in [2.45, 2.75) is 115 Å². The van der Waals surface area contributed by atoms with Crippen LogP contribution in [0.25, 0.3) is 0 Å². The van der Waals surface area contributed by atoms with Gasteiger partial charge in [0.1, 0.15) is 11.2 Å². The van der Waals surface area contributed by atoms with E-state index in [1.807, 2.05) is 53.7 Å². The molecule has 1 heterocycles. The second-order valence-electron chi connectivity index (χ2n) is 14.4. The van der Waals surface area contributed by atoms with Gasteiger partial charge in [0.15, 0.2) is 0 Å². The summed E-state index contributed by atoms with van der Waals surface area (Å²) in [5.41, 5.74) is 2.94. The SMILES string of the molecule is CC(C)(C)OC(=O)CC1(c2ccc(Br)cc2)CCC1.CC(C)(C)OC(=O)CC1(c2ccc(N3CCOCC3)cc2)CCC1. The summed E-state index contributed by atoms with van der Waals surface area (Å²) in [6.45, 7) is 15.0. The lowest BCUT2D eigenvalue weighted by molar-refractivity contribution is -0.158. The van der Waals surface area contributed by atoms with Gasteiger partial charge in [-0.1, -0.05) is 53.0 Å². The third-order valence-electron chi connectivity index (χ3n) is 8.74. The monoisotopic (exact) mass is 655 g/mol. The molecule has 3 fully saturated rings. The maximum Gasteiger partial charge on any atom is 0.307 e. The number of carbonyl (C=O) groups excluding carboxylic acids is 2. The van der Waals surface area contributed by atoms with Gasteiger partial charge >= 0.3 is 11.9 Å². The molecule has 0 spiro atoms. The predicted molar refractivity (Wildman–Crippen MR) is 176 cm³/mol. The molecular weight excluding hydrogens is 606 g/mol. The predicted octanol–water partition coefficient (Wildman–Crippen LogP) is 8.28. The smallest absolute Gasteiger partial charge is 0.307 e. The lowest BCUT2D eigenvalue weighted by atomic mass is 9.62. The number of rotatable bonds is 7. The van der Waals surface area contributed by atoms with Crippen LogP contribution in [0.1, 0.15) is 104 Å². The molecule has 3 aliphatic rings. The quantitative estimate of drug-likeness (QED) is 0.280. The number of ether oxygens (including phenoxy) is 3. The lowest BCUT2D eigenvalue weighted by Gasteiger charge is -2.42. The van der Waals surface area contributed by atoms with Crippen molar-refractivity contribution < 1.29 is 23.8 Å². The topological polar surface area (TPSA) is 65.1 Å². The Hall–Kier alpha value is -2.38. The Morgan fingerprint density at radius 2 is 1.12 bits per heavy atom. The second kappa shape index (κ2) is 13.7. The molecule has 236 valence electrons. The maximum absolute atomic E-state index is 12.3. The van der Waals surface area contributed by atoms with E-state index in [-0.39, 0.29) is 22.8 Å². The van der Waals surface area contributed by atoms with Crippen molar-refractivity contribution in [3.63, 3.8) is 0 Å². The summed E-state index contributed by atoms with van der Waals surface area (Å²) in [6.07, 6.45) is 7.66. The summed E-state index contributed by atoms with van der Waals surface area (Å²) in [5, 5.41) is 0. The van der Waals surface area contributed by atoms with Crippen LogP contribution in [0.15, 0.2) is 53.0 Å². The van der Waals surface area contributed by atoms with Crippen molar-refractivity contribution >= 4 is 33.6 Å². The first-order valence-electron chi connectivity index (χ1n) is 15.8. The van der Waals surface area contributed by atoms with Gasteiger partial charge in [0.25, 0.3) is 0 Å². The fraction of sp³-hybridized carbons (Fsp3) is 0.611. The Morgan fingerprint density at radius 3 is 1.47 bits per heavy atom. The molecule has 1 saturated heterocycles. The molecule has 0 amide bonds. The van der Waals surface area contributed by atoms with Gasteiger partial charge in [0.2, 0.25) is 0 Å². The van der Waals surface area contributed by atoms with E-state index in [1.54, 1.807) is 0 Å². The molecule has 7 heteroatoms. The highest BCUT2D eigenvalue weighted by Gasteiger charge is 2.42. The fourth-order valence-electron chi connectivity index (χ4n) is 6.30. The molecule has 0 unspecified atom stereocenters. The van der Waals surface area contributed by atoms with Crippen LogP contribution in [0.3, 0.4) is 0 Å². The number of morpholine rings is 1. The van der Waals surface area contributed by atoms with Crippen molar-refractivity contribution in [3.8, 4) is 0 Å². The number of hydrogen-bond donors (Lipinski definition) is 0. The van der Waals surface area contributed by atoms with Gasteiger partial charge in [-0.15, -0.1) is 0 Å². The Balaban J connectivity index is 0.000000203. The van der Waals surface area contributed by atoms with Gasteiger partial charge in [0.05, 0.1) is 26.1 Å². The molecular formula is C36H50BrNO5. The summed E-state index contributed by atoms with van der Waals surface area (Å²) >= 11 is 3.45. The third-order valence-corrected chi connectivity index (χ3v) is 9.27. The van der Waals surface area contributed by atoms with Crippen LogP contribution in [0.2, 0.25) is 0 Å². The average Bonchev–Trinajstić information content (AvgIpc) is 2.88. The summed E-state index contributed by atoms with van der Waals surface area (Å²) in [5.74, 6) is -0.172. The number of benzene rings is 2. The summed E-state index contributed by atoms with van der Waals surface area (Å²) in [6, 6.07) is 17.1. The van der Waals surface area contributed by atoms with Gasteiger partial charge in [-0.25, -0.2) is 0 Å². The zero-order chi connectivity index (χ0) is 31.3. The fourth-order valence-corrected chi connectivity index (χ4v) is 6.57. The Kier molecular flexibility index (Phi) is 10.7. The molecule has 6 nitrogen and oxygen atoms in total. The summed E-state index contributed by atoms with van der Waals surface area (Å²) in [4.78, 5) is 26.7. The average molecular weight is 657 g/mol. The minimum absolute atomic E-state index is 0.00301. The molecule has 43 heavy (non-hydrogen) atoms. The molecule has 0 radical (unpaired) electrons. The van der Waals surface area contributed by atoms with Crippen molar-refractivity contribution in [1.82, 2.24) is 0 Å². The van der Waals surface area contributed by atoms with Crippen molar-refractivity contribution in [1.29, 1.82) is 0 Å². The summed E-state index contributed by atoms with van der Waals surface area (Å²) < 4.78 is 17.5. The van der Waals surface area contributed by atoms with Crippen molar-refractivity contribution in [2.75, 3.05) is 31.2 Å². The number of esters is 2. The molecule has 0 aromatic heterocycles. The van der Waals surface area contributed by atoms with Gasteiger partial charge < -0.3 is 19.1 Å².